The van der Waals surface area contributed by atoms with Gasteiger partial charge in [0.15, 0.2) is 0 Å². The Morgan fingerprint density at radius 2 is 1.51 bits per heavy atom. The molecule has 0 saturated carbocycles. The molecular formula is C25H24F3N3O6S2. The number of ether oxygens (including phenoxy) is 1. The second kappa shape index (κ2) is 11.3. The number of halogens is 3. The van der Waals surface area contributed by atoms with Crippen LogP contribution in [0.1, 0.15) is 21.5 Å². The van der Waals surface area contributed by atoms with Gasteiger partial charge in [-0.1, -0.05) is 18.2 Å². The minimum Gasteiger partial charge on any atom is -0.379 e. The summed E-state index contributed by atoms with van der Waals surface area (Å²) in [5, 5.41) is 2.61. The number of hydrogen-bond acceptors (Lipinski definition) is 6. The van der Waals surface area contributed by atoms with Gasteiger partial charge in [0.1, 0.15) is 0 Å². The molecule has 1 fully saturated rings. The van der Waals surface area contributed by atoms with E-state index in [4.69, 9.17) is 4.74 Å². The number of alkyl halides is 3. The summed E-state index contributed by atoms with van der Waals surface area (Å²) >= 11 is 0. The first-order valence-electron chi connectivity index (χ1n) is 11.6. The van der Waals surface area contributed by atoms with Gasteiger partial charge in [-0.15, -0.1) is 0 Å². The zero-order chi connectivity index (χ0) is 28.3. The molecule has 1 amide bonds. The number of nitrogens with one attached hydrogen (secondary N) is 2. The van der Waals surface area contributed by atoms with Crippen molar-refractivity contribution in [3.63, 3.8) is 0 Å². The summed E-state index contributed by atoms with van der Waals surface area (Å²) in [6, 6.07) is 14.9. The SMILES string of the molecule is O=C(Nc1ccc(S(=O)(=O)Nc2cccc(C(F)(F)F)c2)cc1)c1ccc(CS(=O)(=O)N2CCOCC2)cc1. The number of carbonyl (C=O) groups is 1. The molecule has 0 bridgehead atoms. The van der Waals surface area contributed by atoms with Gasteiger partial charge in [0.2, 0.25) is 10.0 Å². The highest BCUT2D eigenvalue weighted by molar-refractivity contribution is 7.92. The third-order valence-electron chi connectivity index (χ3n) is 5.79. The summed E-state index contributed by atoms with van der Waals surface area (Å²) in [7, 11) is -7.71. The van der Waals surface area contributed by atoms with Crippen LogP contribution in [0.4, 0.5) is 24.5 Å². The monoisotopic (exact) mass is 583 g/mol. The van der Waals surface area contributed by atoms with Crippen molar-refractivity contribution < 1.29 is 39.5 Å². The van der Waals surface area contributed by atoms with E-state index in [0.717, 1.165) is 12.1 Å². The highest BCUT2D eigenvalue weighted by Crippen LogP contribution is 2.31. The zero-order valence-corrected chi connectivity index (χ0v) is 21.9. The maximum Gasteiger partial charge on any atom is 0.416 e. The van der Waals surface area contributed by atoms with Crippen molar-refractivity contribution in [1.82, 2.24) is 4.31 Å². The van der Waals surface area contributed by atoms with Crippen LogP contribution in [0.15, 0.2) is 77.7 Å². The van der Waals surface area contributed by atoms with E-state index in [1.54, 1.807) is 12.1 Å². The molecule has 9 nitrogen and oxygen atoms in total. The van der Waals surface area contributed by atoms with Crippen LogP contribution < -0.4 is 10.0 Å². The van der Waals surface area contributed by atoms with Gasteiger partial charge in [0.25, 0.3) is 15.9 Å². The lowest BCUT2D eigenvalue weighted by atomic mass is 10.1. The quantitative estimate of drug-likeness (QED) is 0.415. The van der Waals surface area contributed by atoms with Gasteiger partial charge < -0.3 is 10.1 Å². The van der Waals surface area contributed by atoms with E-state index in [2.05, 4.69) is 10.0 Å². The number of hydrogen-bond donors (Lipinski definition) is 2. The number of carbonyl (C=O) groups excluding carboxylic acids is 1. The second-order valence-electron chi connectivity index (χ2n) is 8.63. The third kappa shape index (κ3) is 7.35. The molecule has 0 spiro atoms. The number of rotatable bonds is 8. The lowest BCUT2D eigenvalue weighted by Gasteiger charge is -2.26. The van der Waals surface area contributed by atoms with Gasteiger partial charge in [-0.3, -0.25) is 9.52 Å². The standard InChI is InChI=1S/C25H24F3N3O6S2/c26-25(27,28)20-2-1-3-22(16-20)30-39(35,36)23-10-8-21(9-11-23)29-24(32)19-6-4-18(5-7-19)17-38(33,34)31-12-14-37-15-13-31/h1-11,16,30H,12-15,17H2,(H,29,32). The molecule has 0 aromatic heterocycles. The van der Waals surface area contributed by atoms with Crippen LogP contribution in [0.3, 0.4) is 0 Å². The van der Waals surface area contributed by atoms with E-state index in [9.17, 15) is 34.8 Å². The van der Waals surface area contributed by atoms with Crippen LogP contribution in [0.5, 0.6) is 0 Å². The molecule has 14 heteroatoms. The lowest BCUT2D eigenvalue weighted by Crippen LogP contribution is -2.41. The van der Waals surface area contributed by atoms with Crippen molar-refractivity contribution in [3.05, 3.63) is 89.5 Å². The van der Waals surface area contributed by atoms with Crippen molar-refractivity contribution in [2.75, 3.05) is 36.3 Å². The van der Waals surface area contributed by atoms with E-state index in [1.165, 1.54) is 46.8 Å². The highest BCUT2D eigenvalue weighted by atomic mass is 32.2. The Morgan fingerprint density at radius 1 is 0.872 bits per heavy atom. The van der Waals surface area contributed by atoms with Crippen LogP contribution in [0.25, 0.3) is 0 Å². The van der Waals surface area contributed by atoms with Crippen molar-refractivity contribution in [2.24, 2.45) is 0 Å². The van der Waals surface area contributed by atoms with E-state index in [0.29, 0.717) is 37.9 Å². The van der Waals surface area contributed by atoms with Crippen molar-refractivity contribution >= 4 is 37.3 Å². The molecule has 0 unspecified atom stereocenters. The van der Waals surface area contributed by atoms with Gasteiger partial charge in [-0.2, -0.15) is 17.5 Å². The summed E-state index contributed by atoms with van der Waals surface area (Å²) in [4.78, 5) is 12.4. The van der Waals surface area contributed by atoms with Crippen LogP contribution in [-0.4, -0.2) is 53.4 Å². The minimum atomic E-state index is -4.62. The molecule has 4 rings (SSSR count). The first-order chi connectivity index (χ1) is 18.3. The van der Waals surface area contributed by atoms with Gasteiger partial charge in [0.05, 0.1) is 29.4 Å². The largest absolute Gasteiger partial charge is 0.416 e. The van der Waals surface area contributed by atoms with E-state index < -0.39 is 37.7 Å². The number of amides is 1. The molecule has 208 valence electrons. The molecule has 1 aliphatic rings. The van der Waals surface area contributed by atoms with E-state index >= 15 is 0 Å². The summed E-state index contributed by atoms with van der Waals surface area (Å²) in [6.45, 7) is 1.28. The van der Waals surface area contributed by atoms with Gasteiger partial charge >= 0.3 is 6.18 Å². The fraction of sp³-hybridized carbons (Fsp3) is 0.240. The third-order valence-corrected chi connectivity index (χ3v) is 9.04. The van der Waals surface area contributed by atoms with Crippen LogP contribution in [0, 0.1) is 0 Å². The molecule has 2 N–H and O–H groups in total. The van der Waals surface area contributed by atoms with Crippen LogP contribution in [0.2, 0.25) is 0 Å². The molecule has 3 aromatic carbocycles. The first kappa shape index (κ1) is 28.5. The molecule has 1 heterocycles. The van der Waals surface area contributed by atoms with Crippen molar-refractivity contribution in [3.8, 4) is 0 Å². The van der Waals surface area contributed by atoms with Crippen molar-refractivity contribution in [1.29, 1.82) is 0 Å². The number of benzene rings is 3. The Bertz CT molecular complexity index is 1540. The molecule has 0 atom stereocenters. The zero-order valence-electron chi connectivity index (χ0n) is 20.3. The lowest BCUT2D eigenvalue weighted by molar-refractivity contribution is -0.137. The Hall–Kier alpha value is -3.46. The maximum absolute atomic E-state index is 12.9. The predicted octanol–water partition coefficient (Wildman–Crippen LogP) is 3.92. The summed E-state index contributed by atoms with van der Waals surface area (Å²) in [5.74, 6) is -0.713. The molecule has 0 radical (unpaired) electrons. The fourth-order valence-electron chi connectivity index (χ4n) is 3.77. The molecule has 0 aliphatic carbocycles. The Labute approximate surface area is 223 Å². The summed E-state index contributed by atoms with van der Waals surface area (Å²) in [6.07, 6.45) is -4.62. The summed E-state index contributed by atoms with van der Waals surface area (Å²) in [5.41, 5.74) is -0.195. The highest BCUT2D eigenvalue weighted by Gasteiger charge is 2.31. The second-order valence-corrected chi connectivity index (χ2v) is 12.3. The fourth-order valence-corrected chi connectivity index (χ4v) is 6.32. The topological polar surface area (TPSA) is 122 Å². The Kier molecular flexibility index (Phi) is 8.30. The summed E-state index contributed by atoms with van der Waals surface area (Å²) < 4.78 is 97.8. The Balaban J connectivity index is 1.38. The number of anilines is 2. The van der Waals surface area contributed by atoms with Gasteiger partial charge in [-0.05, 0) is 60.2 Å². The van der Waals surface area contributed by atoms with Gasteiger partial charge in [-0.25, -0.2) is 16.8 Å². The number of nitrogens with zero attached hydrogens (tertiary/aromatic N) is 1. The van der Waals surface area contributed by atoms with E-state index in [1.807, 2.05) is 0 Å². The molecular weight excluding hydrogens is 559 g/mol. The number of sulfonamides is 2. The van der Waals surface area contributed by atoms with Gasteiger partial charge in [0, 0.05) is 30.0 Å². The van der Waals surface area contributed by atoms with Crippen LogP contribution in [-0.2, 0) is 36.7 Å². The first-order valence-corrected chi connectivity index (χ1v) is 14.7. The Morgan fingerprint density at radius 3 is 2.13 bits per heavy atom. The molecule has 3 aromatic rings. The predicted molar refractivity (Wildman–Crippen MR) is 138 cm³/mol. The average molecular weight is 584 g/mol. The van der Waals surface area contributed by atoms with E-state index in [-0.39, 0.29) is 27.6 Å². The molecule has 39 heavy (non-hydrogen) atoms. The van der Waals surface area contributed by atoms with Crippen molar-refractivity contribution in [2.45, 2.75) is 16.8 Å². The van der Waals surface area contributed by atoms with Crippen LogP contribution >= 0.6 is 0 Å². The smallest absolute Gasteiger partial charge is 0.379 e. The normalized spacial score (nSPS) is 15.1. The molecule has 1 aliphatic heterocycles. The molecule has 1 saturated heterocycles. The number of morpholine rings is 1. The maximum atomic E-state index is 12.9. The minimum absolute atomic E-state index is 0.209. The average Bonchev–Trinajstić information content (AvgIpc) is 2.89.